The van der Waals surface area contributed by atoms with Gasteiger partial charge in [0.25, 0.3) is 0 Å². The average Bonchev–Trinajstić information content (AvgIpc) is 3.39. The third kappa shape index (κ3) is 41.2. The normalized spacial score (nSPS) is 19.7. The smallest absolute Gasteiger partial charge is 0.249 e. The number of hydrogen-bond donors (Lipinski definition) is 7. The molecular weight excluding hydrogens is 915 g/mol. The van der Waals surface area contributed by atoms with Crippen LogP contribution in [0.2, 0.25) is 0 Å². The molecule has 1 fully saturated rings. The van der Waals surface area contributed by atoms with E-state index in [1.165, 1.54) is 231 Å². The minimum Gasteiger partial charge on any atom is -0.394 e. The summed E-state index contributed by atoms with van der Waals surface area (Å²) in [6.45, 7) is 3.63. The van der Waals surface area contributed by atoms with Crippen LogP contribution < -0.4 is 5.32 Å². The van der Waals surface area contributed by atoms with Gasteiger partial charge in [-0.15, -0.1) is 0 Å². The number of nitrogens with one attached hydrogen (secondary N) is 1. The predicted octanol–water partition coefficient (Wildman–Crippen LogP) is 14.9. The molecule has 0 saturated carbocycles. The standard InChI is InChI=1S/C63H119NO9/c1-3-5-7-9-11-13-15-17-19-21-22-23-24-25-26-27-28-29-30-31-32-33-34-35-36-38-40-42-44-46-48-50-52-57(67)62(71)64-55(54-72-63-61(70)60(69)59(68)58(53-65)73-63)56(66)51-49-47-45-43-41-39-37-20-18-16-14-12-10-8-6-4-2/h25-26,41,43,49,51,55-61,63,65-70H,3-24,27-40,42,44-48,50,52-54H2,1-2H3,(H,64,71)/b26-25-,43-41+,51-49+. The highest BCUT2D eigenvalue weighted by molar-refractivity contribution is 5.80. The second kappa shape index (κ2) is 52.4. The van der Waals surface area contributed by atoms with Gasteiger partial charge in [0.05, 0.1) is 25.4 Å². The molecule has 0 aromatic heterocycles. The Bertz CT molecular complexity index is 1260. The first-order valence-corrected chi connectivity index (χ1v) is 31.3. The van der Waals surface area contributed by atoms with E-state index in [1.54, 1.807) is 6.08 Å². The maximum absolute atomic E-state index is 13.1. The van der Waals surface area contributed by atoms with Crippen molar-refractivity contribution in [1.29, 1.82) is 0 Å². The van der Waals surface area contributed by atoms with E-state index >= 15 is 0 Å². The van der Waals surface area contributed by atoms with Crippen LogP contribution in [0.1, 0.15) is 296 Å². The first-order valence-electron chi connectivity index (χ1n) is 31.3. The topological polar surface area (TPSA) is 169 Å². The van der Waals surface area contributed by atoms with Gasteiger partial charge in [-0.3, -0.25) is 4.79 Å². The van der Waals surface area contributed by atoms with Crippen LogP contribution in [0.3, 0.4) is 0 Å². The molecule has 0 aliphatic carbocycles. The molecule has 73 heavy (non-hydrogen) atoms. The number of unbranched alkanes of at least 4 members (excludes halogenated alkanes) is 39. The SMILES string of the molecule is CCCCCCCCCCCC/C=C/CC/C=C/C(O)C(COC1OC(CO)C(O)C(O)C1O)NC(=O)C(O)CCCCCCCCCCCCCCCCCC/C=C\CCCCCCCCCCCCCC. The van der Waals surface area contributed by atoms with Crippen LogP contribution in [-0.2, 0) is 14.3 Å². The first kappa shape index (κ1) is 69.4. The molecule has 0 aromatic carbocycles. The number of carbonyl (C=O) groups is 1. The van der Waals surface area contributed by atoms with E-state index in [9.17, 15) is 35.4 Å². The zero-order chi connectivity index (χ0) is 53.1. The van der Waals surface area contributed by atoms with Crippen LogP contribution in [-0.4, -0.2) is 98.7 Å². The Kier molecular flexibility index (Phi) is 49.8. The summed E-state index contributed by atoms with van der Waals surface area (Å²) in [5, 5.41) is 65.1. The summed E-state index contributed by atoms with van der Waals surface area (Å²) < 4.78 is 11.2. The van der Waals surface area contributed by atoms with Crippen molar-refractivity contribution < 1.29 is 44.9 Å². The van der Waals surface area contributed by atoms with Crippen LogP contribution in [0, 0.1) is 0 Å². The minimum atomic E-state index is -1.62. The van der Waals surface area contributed by atoms with Crippen LogP contribution in [0.25, 0.3) is 0 Å². The van der Waals surface area contributed by atoms with Crippen molar-refractivity contribution in [1.82, 2.24) is 5.32 Å². The summed E-state index contributed by atoms with van der Waals surface area (Å²) in [7, 11) is 0. The van der Waals surface area contributed by atoms with Gasteiger partial charge in [-0.25, -0.2) is 0 Å². The highest BCUT2D eigenvalue weighted by Crippen LogP contribution is 2.23. The van der Waals surface area contributed by atoms with Crippen molar-refractivity contribution in [2.75, 3.05) is 13.2 Å². The minimum absolute atomic E-state index is 0.306. The predicted molar refractivity (Wildman–Crippen MR) is 306 cm³/mol. The Morgan fingerprint density at radius 3 is 1.19 bits per heavy atom. The Morgan fingerprint density at radius 2 is 0.808 bits per heavy atom. The number of aliphatic hydroxyl groups excluding tert-OH is 6. The van der Waals surface area contributed by atoms with E-state index in [0.717, 1.165) is 32.1 Å². The van der Waals surface area contributed by atoms with E-state index in [1.807, 2.05) is 6.08 Å². The maximum Gasteiger partial charge on any atom is 0.249 e. The molecule has 1 rings (SSSR count). The Morgan fingerprint density at radius 1 is 0.466 bits per heavy atom. The fraction of sp³-hybridized carbons (Fsp3) is 0.889. The lowest BCUT2D eigenvalue weighted by Crippen LogP contribution is -2.60. The van der Waals surface area contributed by atoms with Gasteiger partial charge in [-0.1, -0.05) is 275 Å². The van der Waals surface area contributed by atoms with Gasteiger partial charge < -0.3 is 45.4 Å². The first-order chi connectivity index (χ1) is 35.8. The van der Waals surface area contributed by atoms with E-state index in [-0.39, 0.29) is 6.61 Å². The largest absolute Gasteiger partial charge is 0.394 e. The number of carbonyl (C=O) groups excluding carboxylic acids is 1. The molecule has 0 aromatic rings. The summed E-state index contributed by atoms with van der Waals surface area (Å²) in [4.78, 5) is 13.1. The number of rotatable bonds is 54. The van der Waals surface area contributed by atoms with E-state index in [0.29, 0.717) is 19.3 Å². The lowest BCUT2D eigenvalue weighted by Gasteiger charge is -2.40. The Hall–Kier alpha value is -1.63. The molecule has 430 valence electrons. The average molecular weight is 1030 g/mol. The molecule has 0 spiro atoms. The van der Waals surface area contributed by atoms with Crippen LogP contribution in [0.5, 0.6) is 0 Å². The maximum atomic E-state index is 13.1. The fourth-order valence-corrected chi connectivity index (χ4v) is 10.0. The van der Waals surface area contributed by atoms with Crippen LogP contribution in [0.4, 0.5) is 0 Å². The lowest BCUT2D eigenvalue weighted by atomic mass is 9.99. The fourth-order valence-electron chi connectivity index (χ4n) is 10.0. The highest BCUT2D eigenvalue weighted by Gasteiger charge is 2.44. The number of hydrogen-bond acceptors (Lipinski definition) is 9. The molecule has 0 radical (unpaired) electrons. The van der Waals surface area contributed by atoms with Crippen molar-refractivity contribution >= 4 is 5.91 Å². The van der Waals surface area contributed by atoms with Gasteiger partial charge in [0.2, 0.25) is 5.91 Å². The van der Waals surface area contributed by atoms with Gasteiger partial charge in [0.1, 0.15) is 30.5 Å². The molecule has 1 aliphatic heterocycles. The van der Waals surface area contributed by atoms with Crippen molar-refractivity contribution in [3.8, 4) is 0 Å². The molecule has 10 heteroatoms. The number of aliphatic hydroxyl groups is 6. The van der Waals surface area contributed by atoms with Gasteiger partial charge in [0.15, 0.2) is 6.29 Å². The van der Waals surface area contributed by atoms with Gasteiger partial charge in [-0.2, -0.15) is 0 Å². The van der Waals surface area contributed by atoms with Crippen molar-refractivity contribution in [3.63, 3.8) is 0 Å². The van der Waals surface area contributed by atoms with Crippen LogP contribution in [0.15, 0.2) is 36.5 Å². The lowest BCUT2D eigenvalue weighted by molar-refractivity contribution is -0.302. The molecule has 0 bridgehead atoms. The zero-order valence-electron chi connectivity index (χ0n) is 47.5. The summed E-state index contributed by atoms with van der Waals surface area (Å²) in [5.74, 6) is -0.622. The van der Waals surface area contributed by atoms with E-state index in [2.05, 4.69) is 43.5 Å². The monoisotopic (exact) mass is 1030 g/mol. The highest BCUT2D eigenvalue weighted by atomic mass is 16.7. The number of allylic oxidation sites excluding steroid dienone is 5. The third-order valence-electron chi connectivity index (χ3n) is 15.0. The third-order valence-corrected chi connectivity index (χ3v) is 15.0. The zero-order valence-corrected chi connectivity index (χ0v) is 47.5. The van der Waals surface area contributed by atoms with E-state index < -0.39 is 61.5 Å². The summed E-state index contributed by atoms with van der Waals surface area (Å²) in [6.07, 6.45) is 58.4. The molecular formula is C63H119NO9. The van der Waals surface area contributed by atoms with Crippen molar-refractivity contribution in [3.05, 3.63) is 36.5 Å². The molecule has 10 nitrogen and oxygen atoms in total. The summed E-state index contributed by atoms with van der Waals surface area (Å²) >= 11 is 0. The Labute approximate surface area is 449 Å². The Balaban J connectivity index is 2.17. The molecule has 1 saturated heterocycles. The summed E-state index contributed by atoms with van der Waals surface area (Å²) in [5.41, 5.74) is 0. The molecule has 8 unspecified atom stereocenters. The van der Waals surface area contributed by atoms with Gasteiger partial charge in [0, 0.05) is 0 Å². The molecule has 8 atom stereocenters. The van der Waals surface area contributed by atoms with Crippen LogP contribution >= 0.6 is 0 Å². The quantitative estimate of drug-likeness (QED) is 0.0232. The van der Waals surface area contributed by atoms with Crippen molar-refractivity contribution in [2.24, 2.45) is 0 Å². The van der Waals surface area contributed by atoms with E-state index in [4.69, 9.17) is 9.47 Å². The van der Waals surface area contributed by atoms with Crippen molar-refractivity contribution in [2.45, 2.75) is 345 Å². The van der Waals surface area contributed by atoms with Gasteiger partial charge >= 0.3 is 0 Å². The second-order valence-corrected chi connectivity index (χ2v) is 22.0. The van der Waals surface area contributed by atoms with Gasteiger partial charge in [-0.05, 0) is 57.8 Å². The molecule has 7 N–H and O–H groups in total. The summed E-state index contributed by atoms with van der Waals surface area (Å²) in [6, 6.07) is -0.996. The number of ether oxygens (including phenoxy) is 2. The second-order valence-electron chi connectivity index (χ2n) is 22.0. The molecule has 1 heterocycles. The molecule has 1 aliphatic rings. The number of amides is 1. The molecule has 1 amide bonds.